The van der Waals surface area contributed by atoms with Crippen LogP contribution in [0.2, 0.25) is 0 Å². The fourth-order valence-electron chi connectivity index (χ4n) is 3.62. The maximum atomic E-state index is 12.8. The lowest BCUT2D eigenvalue weighted by Gasteiger charge is -2.18. The Hall–Kier alpha value is -2.52. The van der Waals surface area contributed by atoms with Crippen LogP contribution in [0.5, 0.6) is 11.5 Å². The minimum Gasteiger partial charge on any atom is -0.497 e. The number of thioether (sulfide) groups is 1. The van der Waals surface area contributed by atoms with Crippen LogP contribution >= 0.6 is 27.7 Å². The number of aromatic nitrogens is 3. The highest BCUT2D eigenvalue weighted by Gasteiger charge is 2.21. The third-order valence-corrected chi connectivity index (χ3v) is 6.71. The van der Waals surface area contributed by atoms with Crippen molar-refractivity contribution in [1.82, 2.24) is 14.8 Å². The number of carbonyl (C=O) groups is 1. The molecule has 2 aromatic carbocycles. The van der Waals surface area contributed by atoms with Crippen molar-refractivity contribution in [3.8, 4) is 11.5 Å². The van der Waals surface area contributed by atoms with Gasteiger partial charge in [0.15, 0.2) is 17.1 Å². The predicted molar refractivity (Wildman–Crippen MR) is 144 cm³/mol. The first-order valence-electron chi connectivity index (χ1n) is 11.6. The summed E-state index contributed by atoms with van der Waals surface area (Å²) in [6.07, 6.45) is -0.326. The maximum absolute atomic E-state index is 12.8. The summed E-state index contributed by atoms with van der Waals surface area (Å²) >= 11 is 4.89. The number of methoxy groups -OCH3 is 1. The lowest BCUT2D eigenvalue weighted by Crippen LogP contribution is -2.18. The topological polar surface area (TPSA) is 78.3 Å². The van der Waals surface area contributed by atoms with Crippen LogP contribution in [0, 0.1) is 5.92 Å². The van der Waals surface area contributed by atoms with Gasteiger partial charge >= 0.3 is 0 Å². The molecule has 0 aliphatic carbocycles. The van der Waals surface area contributed by atoms with Gasteiger partial charge < -0.3 is 19.4 Å². The van der Waals surface area contributed by atoms with E-state index in [1.807, 2.05) is 54.0 Å². The summed E-state index contributed by atoms with van der Waals surface area (Å²) in [6.45, 7) is 11.2. The first-order chi connectivity index (χ1) is 16.7. The smallest absolute Gasteiger partial charge is 0.234 e. The first-order valence-corrected chi connectivity index (χ1v) is 13.4. The largest absolute Gasteiger partial charge is 0.497 e. The second-order valence-electron chi connectivity index (χ2n) is 9.01. The monoisotopic (exact) mass is 560 g/mol. The van der Waals surface area contributed by atoms with Gasteiger partial charge in [0.05, 0.1) is 12.9 Å². The molecule has 7 nitrogen and oxygen atoms in total. The van der Waals surface area contributed by atoms with Crippen molar-refractivity contribution >= 4 is 39.3 Å². The van der Waals surface area contributed by atoms with E-state index in [1.165, 1.54) is 11.8 Å². The molecule has 9 heteroatoms. The normalized spacial score (nSPS) is 12.1. The van der Waals surface area contributed by atoms with Crippen LogP contribution in [0.25, 0.3) is 0 Å². The fraction of sp³-hybridized carbons (Fsp3) is 0.423. The van der Waals surface area contributed by atoms with E-state index in [1.54, 1.807) is 7.11 Å². The number of carbonyl (C=O) groups excluding carboxylic acids is 1. The van der Waals surface area contributed by atoms with E-state index in [0.29, 0.717) is 22.7 Å². The number of amides is 1. The molecule has 0 aliphatic rings. The molecule has 35 heavy (non-hydrogen) atoms. The predicted octanol–water partition coefficient (Wildman–Crippen LogP) is 6.70. The zero-order valence-electron chi connectivity index (χ0n) is 21.0. The average molecular weight is 562 g/mol. The Morgan fingerprint density at radius 2 is 1.83 bits per heavy atom. The van der Waals surface area contributed by atoms with Gasteiger partial charge in [0.2, 0.25) is 5.91 Å². The van der Waals surface area contributed by atoms with Gasteiger partial charge in [-0.05, 0) is 54.7 Å². The van der Waals surface area contributed by atoms with Crippen molar-refractivity contribution in [2.75, 3.05) is 18.2 Å². The Morgan fingerprint density at radius 3 is 2.51 bits per heavy atom. The second-order valence-corrected chi connectivity index (χ2v) is 10.9. The minimum atomic E-state index is -0.326. The molecule has 188 valence electrons. The van der Waals surface area contributed by atoms with Crippen molar-refractivity contribution in [3.63, 3.8) is 0 Å². The van der Waals surface area contributed by atoms with Crippen molar-refractivity contribution in [2.24, 2.45) is 5.92 Å². The summed E-state index contributed by atoms with van der Waals surface area (Å²) in [5.41, 5.74) is 1.92. The fourth-order valence-corrected chi connectivity index (χ4v) is 4.75. The Kier molecular flexibility index (Phi) is 9.63. The molecule has 1 unspecified atom stereocenters. The summed E-state index contributed by atoms with van der Waals surface area (Å²) in [5, 5.41) is 12.5. The highest BCUT2D eigenvalue weighted by Crippen LogP contribution is 2.29. The van der Waals surface area contributed by atoms with Gasteiger partial charge in [-0.3, -0.25) is 4.79 Å². The summed E-state index contributed by atoms with van der Waals surface area (Å²) in [7, 11) is 1.63. The first kappa shape index (κ1) is 27.1. The second kappa shape index (κ2) is 12.4. The van der Waals surface area contributed by atoms with Gasteiger partial charge in [-0.25, -0.2) is 0 Å². The molecule has 1 heterocycles. The Bertz CT molecular complexity index is 1150. The number of hydrogen-bond donors (Lipinski definition) is 1. The molecule has 0 radical (unpaired) electrons. The number of nitrogens with one attached hydrogen (secondary N) is 1. The van der Waals surface area contributed by atoms with Crippen LogP contribution in [-0.2, 0) is 11.3 Å². The van der Waals surface area contributed by atoms with E-state index < -0.39 is 0 Å². The summed E-state index contributed by atoms with van der Waals surface area (Å²) in [5.74, 6) is 2.96. The lowest BCUT2D eigenvalue weighted by atomic mass is 10.0. The van der Waals surface area contributed by atoms with E-state index in [4.69, 9.17) is 9.47 Å². The third-order valence-electron chi connectivity index (χ3n) is 5.25. The molecular formula is C26H33BrN4O3S. The quantitative estimate of drug-likeness (QED) is 0.263. The van der Waals surface area contributed by atoms with Crippen molar-refractivity contribution in [3.05, 3.63) is 58.3 Å². The molecule has 3 rings (SSSR count). The average Bonchev–Trinajstić information content (AvgIpc) is 3.20. The highest BCUT2D eigenvalue weighted by molar-refractivity contribution is 9.10. The van der Waals surface area contributed by atoms with E-state index >= 15 is 0 Å². The molecule has 1 atom stereocenters. The van der Waals surface area contributed by atoms with E-state index in [9.17, 15) is 4.79 Å². The molecule has 0 aliphatic heterocycles. The molecule has 0 fully saturated rings. The Labute approximate surface area is 220 Å². The maximum Gasteiger partial charge on any atom is 0.234 e. The van der Waals surface area contributed by atoms with Gasteiger partial charge in [-0.15, -0.1) is 10.2 Å². The van der Waals surface area contributed by atoms with E-state index in [2.05, 4.69) is 59.1 Å². The van der Waals surface area contributed by atoms with Gasteiger partial charge in [0.1, 0.15) is 11.5 Å². The number of hydrogen-bond acceptors (Lipinski definition) is 6. The number of rotatable bonds is 11. The van der Waals surface area contributed by atoms with Crippen LogP contribution in [0.4, 0.5) is 5.69 Å². The third kappa shape index (κ3) is 7.48. The minimum absolute atomic E-state index is 0.0828. The van der Waals surface area contributed by atoms with Crippen LogP contribution in [0.15, 0.2) is 52.1 Å². The highest BCUT2D eigenvalue weighted by atomic mass is 79.9. The Morgan fingerprint density at radius 1 is 1.09 bits per heavy atom. The van der Waals surface area contributed by atoms with Crippen molar-refractivity contribution < 1.29 is 14.3 Å². The SMILES string of the molecule is COc1cccc(OC(C)c2nnc(SCC(=O)Nc3ccc(Br)cc3C(C)C)n2CC(C)C)c1. The Balaban J connectivity index is 1.72. The van der Waals surface area contributed by atoms with Crippen LogP contribution in [-0.4, -0.2) is 33.5 Å². The number of benzene rings is 2. The molecule has 3 aromatic rings. The van der Waals surface area contributed by atoms with Gasteiger partial charge in [-0.2, -0.15) is 0 Å². The zero-order valence-corrected chi connectivity index (χ0v) is 23.4. The van der Waals surface area contributed by atoms with Gasteiger partial charge in [-0.1, -0.05) is 61.5 Å². The van der Waals surface area contributed by atoms with Crippen molar-refractivity contribution in [2.45, 2.75) is 58.3 Å². The van der Waals surface area contributed by atoms with Crippen LogP contribution < -0.4 is 14.8 Å². The molecular weight excluding hydrogens is 528 g/mol. The number of anilines is 1. The molecule has 0 saturated heterocycles. The summed E-state index contributed by atoms with van der Waals surface area (Å²) < 4.78 is 14.5. The zero-order chi connectivity index (χ0) is 25.5. The molecule has 1 aromatic heterocycles. The standard InChI is InChI=1S/C26H33BrN4O3S/c1-16(2)14-31-25(18(5)34-21-9-7-8-20(13-21)33-6)29-30-26(31)35-15-24(32)28-23-11-10-19(27)12-22(23)17(3)4/h7-13,16-18H,14-15H2,1-6H3,(H,28,32). The molecule has 0 spiro atoms. The number of ether oxygens (including phenoxy) is 2. The summed E-state index contributed by atoms with van der Waals surface area (Å²) in [6, 6.07) is 13.4. The van der Waals surface area contributed by atoms with Crippen molar-refractivity contribution in [1.29, 1.82) is 0 Å². The molecule has 0 bridgehead atoms. The molecule has 1 amide bonds. The lowest BCUT2D eigenvalue weighted by molar-refractivity contribution is -0.113. The van der Waals surface area contributed by atoms with E-state index in [0.717, 1.165) is 33.8 Å². The van der Waals surface area contributed by atoms with Crippen LogP contribution in [0.3, 0.4) is 0 Å². The van der Waals surface area contributed by atoms with E-state index in [-0.39, 0.29) is 17.8 Å². The molecule has 1 N–H and O–H groups in total. The molecule has 0 saturated carbocycles. The van der Waals surface area contributed by atoms with Gasteiger partial charge in [0.25, 0.3) is 0 Å². The van der Waals surface area contributed by atoms with Crippen LogP contribution in [0.1, 0.15) is 58.0 Å². The van der Waals surface area contributed by atoms with Gasteiger partial charge in [0, 0.05) is 22.8 Å². The summed E-state index contributed by atoms with van der Waals surface area (Å²) in [4.78, 5) is 12.8. The number of halogens is 1. The number of nitrogens with zero attached hydrogens (tertiary/aromatic N) is 3.